The minimum absolute atomic E-state index is 0. The molecule has 2 nitrogen and oxygen atoms in total. The van der Waals surface area contributed by atoms with Gasteiger partial charge in [0.1, 0.15) is 6.04 Å². The standard InChI is InChI=1S/C11H15F3N2S.2ClH/c1-8-2-7-17-9(8)10(11(12,13)14)16-5-3-15-4-6-16;;/h2,7,10,15H,3-6H2,1H3;2*1H/t10-;;/m1../s1. The third kappa shape index (κ3) is 4.49. The maximum absolute atomic E-state index is 13.2. The first-order chi connectivity index (χ1) is 8.00. The average molecular weight is 337 g/mol. The number of rotatable bonds is 2. The zero-order valence-corrected chi connectivity index (χ0v) is 12.8. The fourth-order valence-corrected chi connectivity index (χ4v) is 3.21. The second-order valence-corrected chi connectivity index (χ2v) is 5.15. The van der Waals surface area contributed by atoms with E-state index in [1.54, 1.807) is 18.4 Å². The summed E-state index contributed by atoms with van der Waals surface area (Å²) in [5, 5.41) is 4.80. The first kappa shape index (κ1) is 19.0. The van der Waals surface area contributed by atoms with Gasteiger partial charge in [0, 0.05) is 31.1 Å². The predicted molar refractivity (Wildman–Crippen MR) is 76.8 cm³/mol. The molecule has 112 valence electrons. The van der Waals surface area contributed by atoms with Crippen molar-refractivity contribution in [1.82, 2.24) is 10.2 Å². The number of hydrogen-bond acceptors (Lipinski definition) is 3. The topological polar surface area (TPSA) is 15.3 Å². The quantitative estimate of drug-likeness (QED) is 0.890. The Bertz CT molecular complexity index is 378. The fraction of sp³-hybridized carbons (Fsp3) is 0.636. The fourth-order valence-electron chi connectivity index (χ4n) is 2.13. The number of nitrogens with one attached hydrogen (secondary N) is 1. The van der Waals surface area contributed by atoms with Crippen LogP contribution in [0, 0.1) is 6.92 Å². The summed E-state index contributed by atoms with van der Waals surface area (Å²) in [5.74, 6) is 0. The summed E-state index contributed by atoms with van der Waals surface area (Å²) in [6.07, 6.45) is -4.20. The number of thiophene rings is 1. The summed E-state index contributed by atoms with van der Waals surface area (Å²) >= 11 is 1.20. The van der Waals surface area contributed by atoms with Gasteiger partial charge in [0.15, 0.2) is 0 Å². The molecule has 0 saturated carbocycles. The minimum Gasteiger partial charge on any atom is -0.314 e. The summed E-state index contributed by atoms with van der Waals surface area (Å²) in [5.41, 5.74) is 0.732. The van der Waals surface area contributed by atoms with Crippen LogP contribution >= 0.6 is 36.2 Å². The first-order valence-corrected chi connectivity index (χ1v) is 6.43. The summed E-state index contributed by atoms with van der Waals surface area (Å²) < 4.78 is 39.6. The van der Waals surface area contributed by atoms with Crippen LogP contribution in [0.2, 0.25) is 0 Å². The highest BCUT2D eigenvalue weighted by atomic mass is 35.5. The molecule has 19 heavy (non-hydrogen) atoms. The van der Waals surface area contributed by atoms with Gasteiger partial charge in [0.25, 0.3) is 0 Å². The highest BCUT2D eigenvalue weighted by molar-refractivity contribution is 7.10. The lowest BCUT2D eigenvalue weighted by molar-refractivity contribution is -0.187. The maximum Gasteiger partial charge on any atom is 0.408 e. The third-order valence-corrected chi connectivity index (χ3v) is 4.05. The highest BCUT2D eigenvalue weighted by Crippen LogP contribution is 2.41. The van der Waals surface area contributed by atoms with Gasteiger partial charge in [-0.15, -0.1) is 36.2 Å². The van der Waals surface area contributed by atoms with Crippen LogP contribution in [0.25, 0.3) is 0 Å². The van der Waals surface area contributed by atoms with Gasteiger partial charge in [-0.05, 0) is 23.9 Å². The molecule has 0 spiro atoms. The van der Waals surface area contributed by atoms with Gasteiger partial charge in [-0.3, -0.25) is 4.90 Å². The number of alkyl halides is 3. The Labute approximate surface area is 127 Å². The molecule has 8 heteroatoms. The summed E-state index contributed by atoms with van der Waals surface area (Å²) in [6, 6.07) is 0.311. The van der Waals surface area contributed by atoms with Crippen molar-refractivity contribution in [2.75, 3.05) is 26.2 Å². The minimum atomic E-state index is -4.20. The molecular formula is C11H17Cl2F3N2S. The van der Waals surface area contributed by atoms with Crippen molar-refractivity contribution in [1.29, 1.82) is 0 Å². The van der Waals surface area contributed by atoms with Gasteiger partial charge in [-0.1, -0.05) is 0 Å². The lowest BCUT2D eigenvalue weighted by Gasteiger charge is -2.35. The van der Waals surface area contributed by atoms with Gasteiger partial charge < -0.3 is 5.32 Å². The molecule has 0 radical (unpaired) electrons. The van der Waals surface area contributed by atoms with Crippen molar-refractivity contribution in [2.45, 2.75) is 19.1 Å². The van der Waals surface area contributed by atoms with E-state index < -0.39 is 12.2 Å². The van der Waals surface area contributed by atoms with Crippen LogP contribution in [0.4, 0.5) is 13.2 Å². The predicted octanol–water partition coefficient (Wildman–Crippen LogP) is 3.41. The van der Waals surface area contributed by atoms with Crippen molar-refractivity contribution in [3.63, 3.8) is 0 Å². The molecule has 2 heterocycles. The molecule has 1 aromatic heterocycles. The normalized spacial score (nSPS) is 18.3. The van der Waals surface area contributed by atoms with Gasteiger partial charge in [0.05, 0.1) is 0 Å². The average Bonchev–Trinajstić information content (AvgIpc) is 2.65. The van der Waals surface area contributed by atoms with Gasteiger partial charge in [-0.2, -0.15) is 13.2 Å². The SMILES string of the molecule is Cc1ccsc1[C@@H](N1CCNCC1)C(F)(F)F.Cl.Cl. The molecule has 1 aliphatic rings. The Morgan fingerprint density at radius 1 is 1.26 bits per heavy atom. The largest absolute Gasteiger partial charge is 0.408 e. The number of nitrogens with zero attached hydrogens (tertiary/aromatic N) is 1. The van der Waals surface area contributed by atoms with Crippen molar-refractivity contribution in [3.8, 4) is 0 Å². The van der Waals surface area contributed by atoms with E-state index in [1.807, 2.05) is 0 Å². The molecular weight excluding hydrogens is 320 g/mol. The van der Waals surface area contributed by atoms with Crippen LogP contribution in [-0.4, -0.2) is 37.3 Å². The van der Waals surface area contributed by atoms with Crippen molar-refractivity contribution >= 4 is 36.2 Å². The molecule has 1 N–H and O–H groups in total. The molecule has 0 aromatic carbocycles. The Kier molecular flexibility index (Phi) is 7.68. The molecule has 1 atom stereocenters. The molecule has 1 fully saturated rings. The van der Waals surface area contributed by atoms with Crippen LogP contribution in [0.15, 0.2) is 11.4 Å². The van der Waals surface area contributed by atoms with E-state index in [0.29, 0.717) is 31.1 Å². The lowest BCUT2D eigenvalue weighted by Crippen LogP contribution is -2.48. The van der Waals surface area contributed by atoms with E-state index in [-0.39, 0.29) is 24.8 Å². The molecule has 0 aliphatic carbocycles. The van der Waals surface area contributed by atoms with Crippen LogP contribution in [0.5, 0.6) is 0 Å². The number of halogens is 5. The van der Waals surface area contributed by atoms with E-state index in [2.05, 4.69) is 5.32 Å². The van der Waals surface area contributed by atoms with Crippen LogP contribution in [0.1, 0.15) is 16.5 Å². The second-order valence-electron chi connectivity index (χ2n) is 4.20. The molecule has 1 aromatic rings. The van der Waals surface area contributed by atoms with Crippen LogP contribution in [0.3, 0.4) is 0 Å². The third-order valence-electron chi connectivity index (χ3n) is 2.98. The molecule has 1 aliphatic heterocycles. The molecule has 2 rings (SSSR count). The zero-order chi connectivity index (χ0) is 12.5. The monoisotopic (exact) mass is 336 g/mol. The van der Waals surface area contributed by atoms with Crippen molar-refractivity contribution in [2.24, 2.45) is 0 Å². The molecule has 0 unspecified atom stereocenters. The number of aryl methyl sites for hydroxylation is 1. The molecule has 1 saturated heterocycles. The highest BCUT2D eigenvalue weighted by Gasteiger charge is 2.46. The Morgan fingerprint density at radius 2 is 1.84 bits per heavy atom. The van der Waals surface area contributed by atoms with E-state index in [1.165, 1.54) is 16.2 Å². The smallest absolute Gasteiger partial charge is 0.314 e. The second kappa shape index (κ2) is 7.69. The Balaban J connectivity index is 0.00000162. The number of piperazine rings is 1. The van der Waals surface area contributed by atoms with E-state index in [4.69, 9.17) is 0 Å². The molecule has 0 bridgehead atoms. The zero-order valence-electron chi connectivity index (χ0n) is 10.4. The Hall–Kier alpha value is -0.0100. The van der Waals surface area contributed by atoms with Crippen LogP contribution in [-0.2, 0) is 0 Å². The van der Waals surface area contributed by atoms with E-state index in [9.17, 15) is 13.2 Å². The van der Waals surface area contributed by atoms with Gasteiger partial charge in [0.2, 0.25) is 0 Å². The van der Waals surface area contributed by atoms with Crippen molar-refractivity contribution in [3.05, 3.63) is 21.9 Å². The maximum atomic E-state index is 13.2. The first-order valence-electron chi connectivity index (χ1n) is 5.55. The summed E-state index contributed by atoms with van der Waals surface area (Å²) in [7, 11) is 0. The van der Waals surface area contributed by atoms with Gasteiger partial charge >= 0.3 is 6.18 Å². The Morgan fingerprint density at radius 3 is 2.26 bits per heavy atom. The van der Waals surface area contributed by atoms with Crippen molar-refractivity contribution < 1.29 is 13.2 Å². The number of hydrogen-bond donors (Lipinski definition) is 1. The van der Waals surface area contributed by atoms with Crippen LogP contribution < -0.4 is 5.32 Å². The van der Waals surface area contributed by atoms with E-state index in [0.717, 1.165) is 5.56 Å². The summed E-state index contributed by atoms with van der Waals surface area (Å²) in [6.45, 7) is 3.88. The molecule has 0 amide bonds. The van der Waals surface area contributed by atoms with E-state index >= 15 is 0 Å². The summed E-state index contributed by atoms with van der Waals surface area (Å²) in [4.78, 5) is 1.95. The lowest BCUT2D eigenvalue weighted by atomic mass is 10.1. The van der Waals surface area contributed by atoms with Gasteiger partial charge in [-0.25, -0.2) is 0 Å².